The third-order valence-electron chi connectivity index (χ3n) is 4.90. The van der Waals surface area contributed by atoms with Gasteiger partial charge in [-0.2, -0.15) is 26.3 Å². The number of benzene rings is 1. The van der Waals surface area contributed by atoms with Crippen LogP contribution in [0.4, 0.5) is 36.4 Å². The molecule has 1 aliphatic carbocycles. The average Bonchev–Trinajstić information content (AvgIpc) is 2.76. The monoisotopic (exact) mass is 494 g/mol. The van der Waals surface area contributed by atoms with Crippen molar-refractivity contribution in [3.05, 3.63) is 65.7 Å². The molecule has 1 N–H and O–H groups in total. The first kappa shape index (κ1) is 31.4. The first-order valence-electron chi connectivity index (χ1n) is 10.7. The molecule has 1 aromatic carbocycles. The van der Waals surface area contributed by atoms with Gasteiger partial charge in [-0.15, -0.1) is 0 Å². The quantitative estimate of drug-likeness (QED) is 0.430. The highest BCUT2D eigenvalue weighted by molar-refractivity contribution is 5.48. The number of hydrogen-bond acceptors (Lipinski definition) is 2. The second kappa shape index (κ2) is 14.0. The molecule has 0 amide bonds. The van der Waals surface area contributed by atoms with Crippen molar-refractivity contribution in [2.75, 3.05) is 5.32 Å². The molecule has 2 nitrogen and oxygen atoms in total. The van der Waals surface area contributed by atoms with Crippen molar-refractivity contribution in [1.82, 2.24) is 4.98 Å². The van der Waals surface area contributed by atoms with Crippen LogP contribution in [0.2, 0.25) is 0 Å². The normalized spacial score (nSPS) is 17.7. The van der Waals surface area contributed by atoms with E-state index in [2.05, 4.69) is 23.8 Å². The zero-order chi connectivity index (χ0) is 25.2. The molecule has 1 saturated carbocycles. The minimum absolute atomic E-state index is 0. The molecule has 0 radical (unpaired) electrons. The summed E-state index contributed by atoms with van der Waals surface area (Å²) in [5, 5.41) is 2.79. The van der Waals surface area contributed by atoms with Crippen LogP contribution in [0.15, 0.2) is 43.0 Å². The van der Waals surface area contributed by atoms with Crippen molar-refractivity contribution in [2.24, 2.45) is 5.92 Å². The Morgan fingerprint density at radius 1 is 0.882 bits per heavy atom. The van der Waals surface area contributed by atoms with Crippen LogP contribution in [0.1, 0.15) is 70.8 Å². The van der Waals surface area contributed by atoms with Gasteiger partial charge in [-0.1, -0.05) is 53.0 Å². The summed E-state index contributed by atoms with van der Waals surface area (Å²) >= 11 is 0. The van der Waals surface area contributed by atoms with Crippen molar-refractivity contribution in [3.63, 3.8) is 0 Å². The minimum atomic E-state index is -4.92. The van der Waals surface area contributed by atoms with Gasteiger partial charge in [0.05, 0.1) is 0 Å². The molecule has 0 saturated heterocycles. The molecule has 0 unspecified atom stereocenters. The van der Waals surface area contributed by atoms with E-state index >= 15 is 0 Å². The number of nitrogens with zero attached hydrogens (tertiary/aromatic N) is 1. The Kier molecular flexibility index (Phi) is 12.9. The lowest BCUT2D eigenvalue weighted by Crippen LogP contribution is -2.26. The Morgan fingerprint density at radius 2 is 1.32 bits per heavy atom. The summed E-state index contributed by atoms with van der Waals surface area (Å²) in [6.07, 6.45) is -4.89. The van der Waals surface area contributed by atoms with E-state index in [1.807, 2.05) is 13.8 Å². The topological polar surface area (TPSA) is 24.9 Å². The number of halogens is 7. The van der Waals surface area contributed by atoms with Crippen molar-refractivity contribution in [1.29, 1.82) is 0 Å². The highest BCUT2D eigenvalue weighted by Gasteiger charge is 2.39. The molecule has 1 heterocycles. The molecule has 2 aromatic rings. The van der Waals surface area contributed by atoms with Gasteiger partial charge in [0, 0.05) is 11.7 Å². The first-order chi connectivity index (χ1) is 15.4. The molecule has 1 fully saturated rings. The Bertz CT molecular complexity index is 819. The molecule has 1 aliphatic rings. The maximum atomic E-state index is 12.7. The maximum Gasteiger partial charge on any atom is 0.433 e. The average molecular weight is 495 g/mol. The third kappa shape index (κ3) is 10.6. The first-order valence-corrected chi connectivity index (χ1v) is 10.7. The SMILES string of the molecule is C.C=Cc1ccc(F)cc1.CC.CC1CCC(Nc2cc(C(F)(F)F)nc(C(F)(F)F)c2)CC1. The number of alkyl halides is 6. The van der Waals surface area contributed by atoms with Crippen molar-refractivity contribution < 1.29 is 30.7 Å². The zero-order valence-electron chi connectivity index (χ0n) is 18.8. The summed E-state index contributed by atoms with van der Waals surface area (Å²) in [7, 11) is 0. The Labute approximate surface area is 197 Å². The van der Waals surface area contributed by atoms with Crippen LogP contribution in [0.25, 0.3) is 6.08 Å². The van der Waals surface area contributed by atoms with E-state index in [4.69, 9.17) is 0 Å². The standard InChI is InChI=1S/C14H16F6N2.C8H7F.C2H6.CH4/c1-8-2-4-9(5-3-8)21-10-6-11(13(15,16)17)22-12(7-10)14(18,19)20;1-2-7-3-5-8(9)6-4-7;1-2;/h6-9H,2-5H2,1H3,(H,21,22);2-6H,1H2;1-2H3;1H4. The molecule has 0 atom stereocenters. The van der Waals surface area contributed by atoms with Crippen LogP contribution in [-0.4, -0.2) is 11.0 Å². The second-order valence-corrected chi connectivity index (χ2v) is 7.48. The number of aromatic nitrogens is 1. The van der Waals surface area contributed by atoms with Crippen molar-refractivity contribution in [3.8, 4) is 0 Å². The van der Waals surface area contributed by atoms with Gasteiger partial charge < -0.3 is 5.32 Å². The molecule has 192 valence electrons. The predicted octanol–water partition coefficient (Wildman–Crippen LogP) is 9.24. The van der Waals surface area contributed by atoms with Crippen LogP contribution < -0.4 is 5.32 Å². The zero-order valence-corrected chi connectivity index (χ0v) is 18.8. The molecule has 0 spiro atoms. The predicted molar refractivity (Wildman–Crippen MR) is 124 cm³/mol. The molecule has 3 rings (SSSR count). The Balaban J connectivity index is 0.000000762. The number of anilines is 1. The van der Waals surface area contributed by atoms with Gasteiger partial charge in [-0.25, -0.2) is 9.37 Å². The molecule has 0 aliphatic heterocycles. The van der Waals surface area contributed by atoms with Gasteiger partial charge in [0.1, 0.15) is 17.2 Å². The van der Waals surface area contributed by atoms with E-state index in [9.17, 15) is 30.7 Å². The lowest BCUT2D eigenvalue weighted by atomic mass is 9.87. The molecule has 34 heavy (non-hydrogen) atoms. The van der Waals surface area contributed by atoms with Gasteiger partial charge in [-0.05, 0) is 61.4 Å². The summed E-state index contributed by atoms with van der Waals surface area (Å²) in [4.78, 5) is 2.69. The van der Waals surface area contributed by atoms with Crippen molar-refractivity contribution in [2.45, 2.75) is 72.3 Å². The fraction of sp³-hybridized carbons (Fsp3) is 0.480. The Morgan fingerprint density at radius 3 is 1.71 bits per heavy atom. The van der Waals surface area contributed by atoms with Gasteiger partial charge in [0.25, 0.3) is 0 Å². The van der Waals surface area contributed by atoms with E-state index < -0.39 is 23.7 Å². The van der Waals surface area contributed by atoms with E-state index in [1.165, 1.54) is 12.1 Å². The van der Waals surface area contributed by atoms with Crippen LogP contribution >= 0.6 is 0 Å². The van der Waals surface area contributed by atoms with Crippen molar-refractivity contribution >= 4 is 11.8 Å². The van der Waals surface area contributed by atoms with Gasteiger partial charge in [-0.3, -0.25) is 0 Å². The van der Waals surface area contributed by atoms with Crippen LogP contribution in [0, 0.1) is 11.7 Å². The fourth-order valence-electron chi connectivity index (χ4n) is 3.14. The summed E-state index contributed by atoms with van der Waals surface area (Å²) in [5.41, 5.74) is -2.31. The maximum absolute atomic E-state index is 12.7. The minimum Gasteiger partial charge on any atom is -0.382 e. The summed E-state index contributed by atoms with van der Waals surface area (Å²) in [6, 6.07) is 7.35. The van der Waals surface area contributed by atoms with Gasteiger partial charge in [0.15, 0.2) is 0 Å². The largest absolute Gasteiger partial charge is 0.433 e. The highest BCUT2D eigenvalue weighted by Crippen LogP contribution is 2.36. The number of nitrogens with one attached hydrogen (secondary N) is 1. The molecule has 1 aromatic heterocycles. The van der Waals surface area contributed by atoms with Gasteiger partial charge in [0.2, 0.25) is 0 Å². The number of rotatable bonds is 3. The highest BCUT2D eigenvalue weighted by atomic mass is 19.4. The molecular weight excluding hydrogens is 461 g/mol. The van der Waals surface area contributed by atoms with E-state index in [-0.39, 0.29) is 25.0 Å². The molecule has 0 bridgehead atoms. The summed E-state index contributed by atoms with van der Waals surface area (Å²) in [6.45, 7) is 9.61. The molecular formula is C25H33F7N2. The lowest BCUT2D eigenvalue weighted by Gasteiger charge is -2.28. The second-order valence-electron chi connectivity index (χ2n) is 7.48. The number of hydrogen-bond donors (Lipinski definition) is 1. The van der Waals surface area contributed by atoms with E-state index in [1.54, 1.807) is 18.2 Å². The summed E-state index contributed by atoms with van der Waals surface area (Å²) in [5.74, 6) is 0.326. The number of pyridine rings is 1. The lowest BCUT2D eigenvalue weighted by molar-refractivity contribution is -0.150. The third-order valence-corrected chi connectivity index (χ3v) is 4.90. The van der Waals surface area contributed by atoms with E-state index in [0.717, 1.165) is 31.2 Å². The summed E-state index contributed by atoms with van der Waals surface area (Å²) < 4.78 is 88.4. The smallest absolute Gasteiger partial charge is 0.382 e. The fourth-order valence-corrected chi connectivity index (χ4v) is 3.14. The van der Waals surface area contributed by atoms with Crippen LogP contribution in [0.3, 0.4) is 0 Å². The van der Waals surface area contributed by atoms with Gasteiger partial charge >= 0.3 is 12.4 Å². The van der Waals surface area contributed by atoms with Crippen LogP contribution in [-0.2, 0) is 12.4 Å². The molecule has 9 heteroatoms. The van der Waals surface area contributed by atoms with Crippen LogP contribution in [0.5, 0.6) is 0 Å². The van der Waals surface area contributed by atoms with E-state index in [0.29, 0.717) is 18.1 Å². The Hall–Kier alpha value is -2.58.